The monoisotopic (exact) mass is 420 g/mol. The number of aryl methyl sites for hydroxylation is 1. The van der Waals surface area contributed by atoms with Gasteiger partial charge in [-0.15, -0.1) is 0 Å². The predicted octanol–water partition coefficient (Wildman–Crippen LogP) is 5.55. The van der Waals surface area contributed by atoms with E-state index in [2.05, 4.69) is 6.92 Å². The Kier molecular flexibility index (Phi) is 6.84. The number of aromatic carboxylic acids is 1. The summed E-state index contributed by atoms with van der Waals surface area (Å²) >= 11 is 0. The molecule has 0 aliphatic carbocycles. The van der Waals surface area contributed by atoms with Crippen LogP contribution >= 0.6 is 0 Å². The number of unbranched alkanes of at least 4 members (excludes halogenated alkanes) is 2. The second kappa shape index (κ2) is 9.38. The summed E-state index contributed by atoms with van der Waals surface area (Å²) in [4.78, 5) is 24.7. The van der Waals surface area contributed by atoms with E-state index in [9.17, 15) is 14.7 Å². The van der Waals surface area contributed by atoms with E-state index >= 15 is 0 Å². The fourth-order valence-electron chi connectivity index (χ4n) is 3.83. The zero-order valence-corrected chi connectivity index (χ0v) is 18.9. The van der Waals surface area contributed by atoms with Crippen molar-refractivity contribution in [3.8, 4) is 11.1 Å². The van der Waals surface area contributed by atoms with Crippen LogP contribution in [-0.2, 0) is 18.5 Å². The van der Waals surface area contributed by atoms with Gasteiger partial charge in [0.1, 0.15) is 0 Å². The highest BCUT2D eigenvalue weighted by atomic mass is 16.4. The second-order valence-electron chi connectivity index (χ2n) is 9.03. The third-order valence-corrected chi connectivity index (χ3v) is 5.58. The largest absolute Gasteiger partial charge is 0.478 e. The van der Waals surface area contributed by atoms with Crippen LogP contribution in [0.5, 0.6) is 0 Å². The Labute approximate surface area is 184 Å². The van der Waals surface area contributed by atoms with Crippen LogP contribution in [0.1, 0.15) is 68.6 Å². The number of carboxylic acids is 1. The molecule has 3 rings (SSSR count). The third kappa shape index (κ3) is 5.16. The van der Waals surface area contributed by atoms with E-state index in [4.69, 9.17) is 0 Å². The minimum atomic E-state index is -0.938. The summed E-state index contributed by atoms with van der Waals surface area (Å²) in [6.45, 7) is 8.82. The molecule has 164 valence electrons. The molecule has 0 aliphatic rings. The lowest BCUT2D eigenvalue weighted by Gasteiger charge is -2.19. The number of hydrogen-bond donors (Lipinski definition) is 1. The summed E-state index contributed by atoms with van der Waals surface area (Å²) in [7, 11) is 0. The molecule has 0 amide bonds. The number of carbonyl (C=O) groups is 1. The van der Waals surface area contributed by atoms with Gasteiger partial charge in [0.2, 0.25) is 0 Å². The Morgan fingerprint density at radius 1 is 1.00 bits per heavy atom. The summed E-state index contributed by atoms with van der Waals surface area (Å²) in [5, 5.41) is 9.45. The van der Waals surface area contributed by atoms with Crippen LogP contribution in [-0.4, -0.2) is 20.2 Å². The number of benzene rings is 2. The Hall–Kier alpha value is -3.08. The van der Waals surface area contributed by atoms with Gasteiger partial charge in [-0.1, -0.05) is 62.2 Å². The molecule has 3 aromatic rings. The van der Waals surface area contributed by atoms with Gasteiger partial charge >= 0.3 is 11.7 Å². The molecule has 0 spiro atoms. The van der Waals surface area contributed by atoms with Crippen molar-refractivity contribution in [2.24, 2.45) is 0 Å². The lowest BCUT2D eigenvalue weighted by atomic mass is 9.99. The van der Waals surface area contributed by atoms with E-state index in [1.807, 2.05) is 72.5 Å². The molecule has 5 heteroatoms. The molecule has 0 atom stereocenters. The van der Waals surface area contributed by atoms with Crippen LogP contribution < -0.4 is 5.69 Å². The zero-order chi connectivity index (χ0) is 22.6. The van der Waals surface area contributed by atoms with Crippen LogP contribution in [0, 0.1) is 0 Å². The van der Waals surface area contributed by atoms with Gasteiger partial charge in [0, 0.05) is 17.4 Å². The van der Waals surface area contributed by atoms with Crippen molar-refractivity contribution in [2.75, 3.05) is 0 Å². The quantitative estimate of drug-likeness (QED) is 0.486. The molecule has 1 aromatic heterocycles. The zero-order valence-electron chi connectivity index (χ0n) is 18.9. The molecule has 2 aromatic carbocycles. The molecule has 0 unspecified atom stereocenters. The molecule has 31 heavy (non-hydrogen) atoms. The maximum Gasteiger partial charge on any atom is 0.336 e. The van der Waals surface area contributed by atoms with Crippen molar-refractivity contribution in [1.29, 1.82) is 0 Å². The number of carboxylic acid groups (broad SMARTS) is 1. The predicted molar refractivity (Wildman–Crippen MR) is 125 cm³/mol. The molecule has 0 aliphatic heterocycles. The summed E-state index contributed by atoms with van der Waals surface area (Å²) in [6.07, 6.45) is 6.25. The van der Waals surface area contributed by atoms with Crippen LogP contribution in [0.3, 0.4) is 0 Å². The second-order valence-corrected chi connectivity index (χ2v) is 9.03. The van der Waals surface area contributed by atoms with E-state index in [1.54, 1.807) is 12.1 Å². The van der Waals surface area contributed by atoms with E-state index < -0.39 is 5.97 Å². The van der Waals surface area contributed by atoms with Gasteiger partial charge < -0.3 is 5.11 Å². The van der Waals surface area contributed by atoms with Crippen molar-refractivity contribution in [2.45, 2.75) is 65.5 Å². The number of aromatic nitrogens is 2. The molecule has 5 nitrogen and oxygen atoms in total. The number of imidazole rings is 1. The lowest BCUT2D eigenvalue weighted by molar-refractivity contribution is 0.0697. The highest BCUT2D eigenvalue weighted by Gasteiger charge is 2.20. The summed E-state index contributed by atoms with van der Waals surface area (Å²) < 4.78 is 3.70. The topological polar surface area (TPSA) is 64.2 Å². The summed E-state index contributed by atoms with van der Waals surface area (Å²) in [5.74, 6) is -0.938. The average Bonchev–Trinajstić information content (AvgIpc) is 3.05. The van der Waals surface area contributed by atoms with Gasteiger partial charge in [-0.25, -0.2) is 9.59 Å². The standard InChI is InChI=1S/C26H32N2O3/c1-5-6-7-10-21-18-28(26(2,3)4)25(31)27(21)17-19-13-15-20(16-14-19)22-11-8-9-12-23(22)24(29)30/h8-9,11-16,18H,5-7,10,17H2,1-4H3,(H,29,30). The van der Waals surface area contributed by atoms with E-state index in [1.165, 1.54) is 0 Å². The molecule has 1 heterocycles. The Morgan fingerprint density at radius 3 is 2.29 bits per heavy atom. The number of nitrogens with zero attached hydrogens (tertiary/aromatic N) is 2. The van der Waals surface area contributed by atoms with Gasteiger partial charge in [0.15, 0.2) is 0 Å². The molecule has 0 radical (unpaired) electrons. The van der Waals surface area contributed by atoms with Gasteiger partial charge in [-0.2, -0.15) is 0 Å². The summed E-state index contributed by atoms with van der Waals surface area (Å²) in [6, 6.07) is 14.8. The normalized spacial score (nSPS) is 11.6. The first-order chi connectivity index (χ1) is 14.7. The minimum Gasteiger partial charge on any atom is -0.478 e. The van der Waals surface area contributed by atoms with E-state index in [-0.39, 0.29) is 16.8 Å². The van der Waals surface area contributed by atoms with Crippen LogP contribution in [0.15, 0.2) is 59.5 Å². The number of hydrogen-bond acceptors (Lipinski definition) is 2. The van der Waals surface area contributed by atoms with E-state index in [0.717, 1.165) is 42.5 Å². The van der Waals surface area contributed by atoms with Gasteiger partial charge in [0.05, 0.1) is 12.1 Å². The highest BCUT2D eigenvalue weighted by Crippen LogP contribution is 2.24. The lowest BCUT2D eigenvalue weighted by Crippen LogP contribution is -2.34. The molecule has 0 saturated carbocycles. The number of rotatable bonds is 8. The maximum absolute atomic E-state index is 13.1. The SMILES string of the molecule is CCCCCc1cn(C(C)(C)C)c(=O)n1Cc1ccc(-c2ccccc2C(=O)O)cc1. The molecular weight excluding hydrogens is 388 g/mol. The van der Waals surface area contributed by atoms with Crippen LogP contribution in [0.4, 0.5) is 0 Å². The van der Waals surface area contributed by atoms with Crippen molar-refractivity contribution >= 4 is 5.97 Å². The molecular formula is C26H32N2O3. The van der Waals surface area contributed by atoms with Gasteiger partial charge in [-0.05, 0) is 56.4 Å². The Balaban J connectivity index is 1.91. The first kappa shape index (κ1) is 22.6. The van der Waals surface area contributed by atoms with Crippen LogP contribution in [0.2, 0.25) is 0 Å². The minimum absolute atomic E-state index is 0.0132. The average molecular weight is 421 g/mol. The summed E-state index contributed by atoms with van der Waals surface area (Å²) in [5.41, 5.74) is 3.65. The molecule has 0 fully saturated rings. The smallest absolute Gasteiger partial charge is 0.336 e. The maximum atomic E-state index is 13.1. The van der Waals surface area contributed by atoms with Crippen molar-refractivity contribution in [1.82, 2.24) is 9.13 Å². The Bertz CT molecular complexity index is 1100. The first-order valence-corrected chi connectivity index (χ1v) is 11.0. The fourth-order valence-corrected chi connectivity index (χ4v) is 3.83. The molecule has 0 bridgehead atoms. The third-order valence-electron chi connectivity index (χ3n) is 5.58. The van der Waals surface area contributed by atoms with Crippen LogP contribution in [0.25, 0.3) is 11.1 Å². The first-order valence-electron chi connectivity index (χ1n) is 11.0. The van der Waals surface area contributed by atoms with E-state index in [0.29, 0.717) is 12.1 Å². The molecule has 0 saturated heterocycles. The van der Waals surface area contributed by atoms with Gasteiger partial charge in [0.25, 0.3) is 0 Å². The van der Waals surface area contributed by atoms with Gasteiger partial charge in [-0.3, -0.25) is 9.13 Å². The Morgan fingerprint density at radius 2 is 1.68 bits per heavy atom. The van der Waals surface area contributed by atoms with Crippen molar-refractivity contribution in [3.05, 3.63) is 82.0 Å². The van der Waals surface area contributed by atoms with Crippen molar-refractivity contribution in [3.63, 3.8) is 0 Å². The fraction of sp³-hybridized carbons (Fsp3) is 0.385. The van der Waals surface area contributed by atoms with Crippen molar-refractivity contribution < 1.29 is 9.90 Å². The highest BCUT2D eigenvalue weighted by molar-refractivity contribution is 5.95. The molecule has 1 N–H and O–H groups in total.